The van der Waals surface area contributed by atoms with Crippen molar-refractivity contribution in [3.8, 4) is 67.5 Å². The van der Waals surface area contributed by atoms with E-state index in [-0.39, 0.29) is 0 Å². The molecule has 8 aromatic rings. The number of fused-ring (bicyclic) bond motifs is 6. The van der Waals surface area contributed by atoms with Gasteiger partial charge in [0.05, 0.1) is 11.4 Å². The third-order valence-electron chi connectivity index (χ3n) is 9.06. The fraction of sp³-hybridized carbons (Fsp3) is 0. The molecule has 0 bridgehead atoms. The molecule has 6 aromatic carbocycles. The molecule has 0 N–H and O–H groups in total. The number of rotatable bonds is 4. The highest BCUT2D eigenvalue weighted by Gasteiger charge is 2.18. The summed E-state index contributed by atoms with van der Waals surface area (Å²) in [4.78, 5) is 22.0. The first kappa shape index (κ1) is 30.6. The molecule has 0 spiro atoms. The van der Waals surface area contributed by atoms with Crippen LogP contribution in [0.5, 0.6) is 0 Å². The summed E-state index contributed by atoms with van der Waals surface area (Å²) in [7, 11) is 0. The molecule has 0 aliphatic carbocycles. The first-order valence-electron chi connectivity index (χ1n) is 16.9. The van der Waals surface area contributed by atoms with Crippen molar-refractivity contribution in [2.24, 2.45) is 0 Å². The molecule has 51 heavy (non-hydrogen) atoms. The van der Waals surface area contributed by atoms with Gasteiger partial charge in [-0.3, -0.25) is 0 Å². The van der Waals surface area contributed by atoms with Gasteiger partial charge in [0.15, 0.2) is 11.6 Å². The maximum Gasteiger partial charge on any atom is 0.160 e. The molecule has 9 rings (SSSR count). The van der Waals surface area contributed by atoms with Gasteiger partial charge in [-0.2, -0.15) is 0 Å². The molecule has 0 saturated heterocycles. The summed E-state index contributed by atoms with van der Waals surface area (Å²) >= 11 is 1.81. The molecule has 0 unspecified atom stereocenters. The van der Waals surface area contributed by atoms with E-state index >= 15 is 0 Å². The fourth-order valence-electron chi connectivity index (χ4n) is 6.49. The molecule has 5 heteroatoms. The van der Waals surface area contributed by atoms with Gasteiger partial charge in [-0.05, 0) is 57.6 Å². The zero-order valence-electron chi connectivity index (χ0n) is 27.5. The van der Waals surface area contributed by atoms with Crippen molar-refractivity contribution in [2.75, 3.05) is 0 Å². The van der Waals surface area contributed by atoms with Gasteiger partial charge in [0.1, 0.15) is 0 Å². The van der Waals surface area contributed by atoms with Crippen molar-refractivity contribution in [3.05, 3.63) is 181 Å². The maximum atomic E-state index is 5.14. The first-order chi connectivity index (χ1) is 25.3. The summed E-state index contributed by atoms with van der Waals surface area (Å²) in [5.74, 6) is 1.33. The molecular formula is C46H30N4S. The van der Waals surface area contributed by atoms with Crippen molar-refractivity contribution in [2.45, 2.75) is 9.79 Å². The second-order valence-electron chi connectivity index (χ2n) is 12.3. The van der Waals surface area contributed by atoms with E-state index in [9.17, 15) is 0 Å². The van der Waals surface area contributed by atoms with Crippen molar-refractivity contribution in [3.63, 3.8) is 0 Å². The Kier molecular flexibility index (Phi) is 8.08. The molecule has 0 atom stereocenters. The topological polar surface area (TPSA) is 51.6 Å². The average Bonchev–Trinajstić information content (AvgIpc) is 3.23. The van der Waals surface area contributed by atoms with Gasteiger partial charge >= 0.3 is 0 Å². The Bertz CT molecular complexity index is 2550. The maximum absolute atomic E-state index is 5.14. The van der Waals surface area contributed by atoms with E-state index in [4.69, 9.17) is 19.9 Å². The van der Waals surface area contributed by atoms with Crippen LogP contribution in [0.4, 0.5) is 0 Å². The molecule has 1 aliphatic heterocycles. The van der Waals surface area contributed by atoms with Crippen LogP contribution in [0.3, 0.4) is 0 Å². The third-order valence-corrected chi connectivity index (χ3v) is 10.2. The minimum atomic E-state index is 0.649. The minimum absolute atomic E-state index is 0.649. The van der Waals surface area contributed by atoms with Crippen LogP contribution < -0.4 is 0 Å². The lowest BCUT2D eigenvalue weighted by molar-refractivity contribution is 1.14. The minimum Gasteiger partial charge on any atom is -0.236 e. The molecular weight excluding hydrogens is 641 g/mol. The largest absolute Gasteiger partial charge is 0.236 e. The van der Waals surface area contributed by atoms with Gasteiger partial charge in [-0.15, -0.1) is 0 Å². The van der Waals surface area contributed by atoms with Crippen LogP contribution >= 0.6 is 11.8 Å². The molecule has 4 nitrogen and oxygen atoms in total. The normalized spacial score (nSPS) is 12.4. The summed E-state index contributed by atoms with van der Waals surface area (Å²) in [6.07, 6.45) is 8.17. The van der Waals surface area contributed by atoms with E-state index in [1.807, 2.05) is 90.9 Å². The van der Waals surface area contributed by atoms with Crippen molar-refractivity contribution in [1.29, 1.82) is 0 Å². The van der Waals surface area contributed by atoms with Crippen LogP contribution in [-0.4, -0.2) is 19.9 Å². The molecule has 1 aliphatic rings. The SMILES string of the molecule is C1=C\c2ccc(-c3cc(-c4cnc(-c5ccccc5)nc4)nc(-c4ccccc4)n3)cc2-c2ccccc2Sc2ccccc2-c2ccccc2/1. The molecule has 0 radical (unpaired) electrons. The zero-order chi connectivity index (χ0) is 34.0. The highest BCUT2D eigenvalue weighted by atomic mass is 32.2. The smallest absolute Gasteiger partial charge is 0.160 e. The Labute approximate surface area is 301 Å². The number of aromatic nitrogens is 4. The lowest BCUT2D eigenvalue weighted by atomic mass is 9.94. The van der Waals surface area contributed by atoms with E-state index in [0.29, 0.717) is 11.6 Å². The van der Waals surface area contributed by atoms with E-state index < -0.39 is 0 Å². The number of benzene rings is 6. The van der Waals surface area contributed by atoms with Gasteiger partial charge in [0, 0.05) is 44.4 Å². The fourth-order valence-corrected chi connectivity index (χ4v) is 7.60. The second kappa shape index (κ2) is 13.5. The lowest BCUT2D eigenvalue weighted by Gasteiger charge is -2.15. The van der Waals surface area contributed by atoms with Gasteiger partial charge in [-0.1, -0.05) is 157 Å². The molecule has 0 fully saturated rings. The second-order valence-corrected chi connectivity index (χ2v) is 13.4. The zero-order valence-corrected chi connectivity index (χ0v) is 28.3. The summed E-state index contributed by atoms with van der Waals surface area (Å²) < 4.78 is 0. The van der Waals surface area contributed by atoms with Gasteiger partial charge in [0.2, 0.25) is 0 Å². The average molecular weight is 671 g/mol. The summed E-state index contributed by atoms with van der Waals surface area (Å²) in [5.41, 5.74) is 12.4. The van der Waals surface area contributed by atoms with Gasteiger partial charge in [0.25, 0.3) is 0 Å². The Hall–Kier alpha value is -6.43. The van der Waals surface area contributed by atoms with Crippen LogP contribution in [0.1, 0.15) is 11.1 Å². The summed E-state index contributed by atoms with van der Waals surface area (Å²) in [6, 6.07) is 54.8. The van der Waals surface area contributed by atoms with E-state index in [2.05, 4.69) is 103 Å². The van der Waals surface area contributed by atoms with E-state index in [1.165, 1.54) is 32.0 Å². The van der Waals surface area contributed by atoms with E-state index in [1.54, 1.807) is 0 Å². The van der Waals surface area contributed by atoms with Crippen LogP contribution in [0.25, 0.3) is 79.7 Å². The summed E-state index contributed by atoms with van der Waals surface area (Å²) in [5, 5.41) is 0. The Morgan fingerprint density at radius 1 is 0.353 bits per heavy atom. The molecule has 3 heterocycles. The van der Waals surface area contributed by atoms with Crippen molar-refractivity contribution < 1.29 is 0 Å². The lowest BCUT2D eigenvalue weighted by Crippen LogP contribution is -1.98. The van der Waals surface area contributed by atoms with Crippen LogP contribution in [0.15, 0.2) is 180 Å². The van der Waals surface area contributed by atoms with Gasteiger partial charge < -0.3 is 0 Å². The molecule has 0 amide bonds. The highest BCUT2D eigenvalue weighted by Crippen LogP contribution is 2.44. The highest BCUT2D eigenvalue weighted by molar-refractivity contribution is 7.99. The predicted molar refractivity (Wildman–Crippen MR) is 210 cm³/mol. The number of hydrogen-bond acceptors (Lipinski definition) is 5. The van der Waals surface area contributed by atoms with Crippen LogP contribution in [0.2, 0.25) is 0 Å². The van der Waals surface area contributed by atoms with Crippen LogP contribution in [0, 0.1) is 0 Å². The van der Waals surface area contributed by atoms with Gasteiger partial charge in [-0.25, -0.2) is 19.9 Å². The van der Waals surface area contributed by atoms with E-state index in [0.717, 1.165) is 44.8 Å². The molecule has 0 saturated carbocycles. The Balaban J connectivity index is 1.21. The monoisotopic (exact) mass is 670 g/mol. The molecule has 2 aromatic heterocycles. The molecule has 240 valence electrons. The Morgan fingerprint density at radius 3 is 1.53 bits per heavy atom. The third kappa shape index (κ3) is 6.16. The number of nitrogens with zero attached hydrogens (tertiary/aromatic N) is 4. The van der Waals surface area contributed by atoms with Crippen LogP contribution in [-0.2, 0) is 0 Å². The number of hydrogen-bond donors (Lipinski definition) is 0. The summed E-state index contributed by atoms with van der Waals surface area (Å²) in [6.45, 7) is 0. The standard InChI is InChI=1S/C46H30N4S/c1-3-14-33(15-4-1)45-47-29-36(30-48-45)42-28-41(49-46(50-42)34-16-5-2-6-17-34)35-26-25-32-24-23-31-13-7-8-18-37(31)38-19-9-11-21-43(38)51-44-22-12-10-20-39(44)40(32)27-35/h1-30H/b24-23-. The van der Waals surface area contributed by atoms with Crippen molar-refractivity contribution in [1.82, 2.24) is 19.9 Å². The first-order valence-corrected chi connectivity index (χ1v) is 17.7. The van der Waals surface area contributed by atoms with Crippen molar-refractivity contribution >= 4 is 23.9 Å². The predicted octanol–water partition coefficient (Wildman–Crippen LogP) is 11.9. The Morgan fingerprint density at radius 2 is 0.863 bits per heavy atom. The quantitative estimate of drug-likeness (QED) is 0.186.